The van der Waals surface area contributed by atoms with E-state index in [0.29, 0.717) is 33.9 Å². The second kappa shape index (κ2) is 11.7. The molecule has 45 heavy (non-hydrogen) atoms. The monoisotopic (exact) mass is 609 g/mol. The molecular formula is C34H43N9O2. The molecule has 3 aliphatic rings. The maximum Gasteiger partial charge on any atom is 0.278 e. The molecule has 7 rings (SSSR count). The summed E-state index contributed by atoms with van der Waals surface area (Å²) in [5.41, 5.74) is 2.23. The van der Waals surface area contributed by atoms with Gasteiger partial charge in [-0.05, 0) is 94.4 Å². The van der Waals surface area contributed by atoms with E-state index in [1.807, 2.05) is 18.2 Å². The molecule has 1 aromatic carbocycles. The number of hydrogen-bond donors (Lipinski definition) is 3. The van der Waals surface area contributed by atoms with Gasteiger partial charge in [-0.25, -0.2) is 19.3 Å². The van der Waals surface area contributed by atoms with E-state index in [1.165, 1.54) is 49.1 Å². The number of nitrogens with one attached hydrogen (secondary N) is 2. The van der Waals surface area contributed by atoms with Crippen molar-refractivity contribution in [1.29, 1.82) is 0 Å². The van der Waals surface area contributed by atoms with Crippen LogP contribution in [0.15, 0.2) is 66.1 Å². The molecule has 1 saturated carbocycles. The highest BCUT2D eigenvalue weighted by atomic mass is 16.3. The van der Waals surface area contributed by atoms with E-state index in [2.05, 4.69) is 49.1 Å². The Kier molecular flexibility index (Phi) is 7.71. The van der Waals surface area contributed by atoms with Crippen LogP contribution in [0.3, 0.4) is 0 Å². The third-order valence-corrected chi connectivity index (χ3v) is 9.88. The quantitative estimate of drug-likeness (QED) is 0.257. The molecule has 11 nitrogen and oxygen atoms in total. The SMILES string of the molecule is C=CCn1c(=O)c2cnc(Nc3ccc(N4CCN(C5CC6(CCNCC6)C5)CC4)cc3)nc2n1-c1cccc(C(C)(C)O)n1. The summed E-state index contributed by atoms with van der Waals surface area (Å²) >= 11 is 0. The van der Waals surface area contributed by atoms with Gasteiger partial charge in [0, 0.05) is 49.8 Å². The van der Waals surface area contributed by atoms with Gasteiger partial charge < -0.3 is 20.6 Å². The first-order valence-electron chi connectivity index (χ1n) is 16.1. The number of nitrogens with zero attached hydrogens (tertiary/aromatic N) is 7. The van der Waals surface area contributed by atoms with E-state index in [4.69, 9.17) is 4.98 Å². The van der Waals surface area contributed by atoms with Crippen LogP contribution < -0.4 is 21.1 Å². The van der Waals surface area contributed by atoms with Crippen LogP contribution in [0.25, 0.3) is 16.9 Å². The molecule has 0 atom stereocenters. The Bertz CT molecular complexity index is 1730. The third-order valence-electron chi connectivity index (χ3n) is 9.88. The van der Waals surface area contributed by atoms with Crippen molar-refractivity contribution in [2.45, 2.75) is 57.7 Å². The van der Waals surface area contributed by atoms with Crippen molar-refractivity contribution in [2.24, 2.45) is 5.41 Å². The molecule has 0 unspecified atom stereocenters. The average Bonchev–Trinajstić information content (AvgIpc) is 3.31. The fourth-order valence-corrected chi connectivity index (χ4v) is 7.28. The molecule has 3 aromatic heterocycles. The lowest BCUT2D eigenvalue weighted by Crippen LogP contribution is -2.58. The van der Waals surface area contributed by atoms with Crippen molar-refractivity contribution >= 4 is 28.4 Å². The molecule has 11 heteroatoms. The number of aromatic nitrogens is 5. The van der Waals surface area contributed by atoms with Crippen molar-refractivity contribution in [3.8, 4) is 5.82 Å². The number of piperidine rings is 1. The molecule has 3 N–H and O–H groups in total. The molecule has 0 radical (unpaired) electrons. The number of hydrogen-bond acceptors (Lipinski definition) is 9. The molecule has 1 aliphatic carbocycles. The molecule has 1 spiro atoms. The maximum absolute atomic E-state index is 13.3. The minimum Gasteiger partial charge on any atom is -0.384 e. The number of anilines is 3. The zero-order valence-corrected chi connectivity index (χ0v) is 26.2. The van der Waals surface area contributed by atoms with Crippen molar-refractivity contribution in [2.75, 3.05) is 49.5 Å². The Morgan fingerprint density at radius 3 is 2.49 bits per heavy atom. The van der Waals surface area contributed by atoms with Crippen molar-refractivity contribution in [3.05, 3.63) is 77.4 Å². The molecule has 5 heterocycles. The lowest BCUT2D eigenvalue weighted by atomic mass is 9.60. The normalized spacial score (nSPS) is 19.1. The summed E-state index contributed by atoms with van der Waals surface area (Å²) in [6, 6.07) is 14.5. The number of piperazine rings is 1. The lowest BCUT2D eigenvalue weighted by molar-refractivity contribution is -0.0224. The van der Waals surface area contributed by atoms with Gasteiger partial charge >= 0.3 is 0 Å². The fourth-order valence-electron chi connectivity index (χ4n) is 7.28. The van der Waals surface area contributed by atoms with E-state index in [9.17, 15) is 9.90 Å². The minimum atomic E-state index is -1.14. The first-order valence-corrected chi connectivity index (χ1v) is 16.1. The van der Waals surface area contributed by atoms with E-state index in [0.717, 1.165) is 37.9 Å². The number of rotatable bonds is 8. The Hall–Kier alpha value is -4.06. The van der Waals surface area contributed by atoms with Gasteiger partial charge in [-0.2, -0.15) is 4.98 Å². The first-order chi connectivity index (χ1) is 21.7. The van der Waals surface area contributed by atoms with Crippen LogP contribution in [0.4, 0.5) is 17.3 Å². The van der Waals surface area contributed by atoms with Crippen LogP contribution in [-0.4, -0.2) is 79.6 Å². The summed E-state index contributed by atoms with van der Waals surface area (Å²) in [5.74, 6) is 0.847. The van der Waals surface area contributed by atoms with Crippen molar-refractivity contribution in [3.63, 3.8) is 0 Å². The highest BCUT2D eigenvalue weighted by molar-refractivity contribution is 5.77. The lowest BCUT2D eigenvalue weighted by Gasteiger charge is -2.55. The second-order valence-corrected chi connectivity index (χ2v) is 13.4. The Morgan fingerprint density at radius 1 is 1.07 bits per heavy atom. The summed E-state index contributed by atoms with van der Waals surface area (Å²) < 4.78 is 3.19. The topological polar surface area (TPSA) is 116 Å². The predicted octanol–water partition coefficient (Wildman–Crippen LogP) is 3.79. The van der Waals surface area contributed by atoms with Gasteiger partial charge in [-0.1, -0.05) is 12.1 Å². The van der Waals surface area contributed by atoms with Gasteiger partial charge in [0.05, 0.1) is 12.2 Å². The van der Waals surface area contributed by atoms with Gasteiger partial charge in [-0.15, -0.1) is 6.58 Å². The highest BCUT2D eigenvalue weighted by Crippen LogP contribution is 2.50. The predicted molar refractivity (Wildman–Crippen MR) is 177 cm³/mol. The zero-order chi connectivity index (χ0) is 31.2. The van der Waals surface area contributed by atoms with E-state index in [-0.39, 0.29) is 12.1 Å². The van der Waals surface area contributed by atoms with Crippen LogP contribution in [0.2, 0.25) is 0 Å². The molecule has 236 valence electrons. The minimum absolute atomic E-state index is 0.237. The largest absolute Gasteiger partial charge is 0.384 e. The number of pyridine rings is 1. The van der Waals surface area contributed by atoms with E-state index >= 15 is 0 Å². The van der Waals surface area contributed by atoms with Crippen molar-refractivity contribution < 1.29 is 5.11 Å². The Labute approximate surface area is 263 Å². The number of benzene rings is 1. The zero-order valence-electron chi connectivity index (χ0n) is 26.2. The van der Waals surface area contributed by atoms with Crippen LogP contribution in [0.1, 0.15) is 45.2 Å². The van der Waals surface area contributed by atoms with Crippen LogP contribution in [0.5, 0.6) is 0 Å². The summed E-state index contributed by atoms with van der Waals surface area (Å²) in [7, 11) is 0. The maximum atomic E-state index is 13.3. The smallest absolute Gasteiger partial charge is 0.278 e. The summed E-state index contributed by atoms with van der Waals surface area (Å²) in [6.45, 7) is 14.1. The van der Waals surface area contributed by atoms with Crippen LogP contribution >= 0.6 is 0 Å². The molecule has 2 aliphatic heterocycles. The molecular weight excluding hydrogens is 566 g/mol. The summed E-state index contributed by atoms with van der Waals surface area (Å²) in [5, 5.41) is 17.8. The standard InChI is InChI=1S/C34H43N9O2/c1-4-16-42-31(44)27-23-36-32(39-30(27)43(42)29-7-5-6-28(38-29)33(2,3)45)37-24-8-10-25(11-9-24)40-17-19-41(20-18-40)26-21-34(22-26)12-14-35-15-13-34/h4-11,23,26,35,45H,1,12-22H2,2-3H3,(H,36,37,39). The molecule has 0 bridgehead atoms. The number of fused-ring (bicyclic) bond motifs is 1. The first kappa shape index (κ1) is 29.6. The van der Waals surface area contributed by atoms with Gasteiger partial charge in [0.1, 0.15) is 11.0 Å². The average molecular weight is 610 g/mol. The van der Waals surface area contributed by atoms with Gasteiger partial charge in [0.15, 0.2) is 11.5 Å². The van der Waals surface area contributed by atoms with E-state index < -0.39 is 5.60 Å². The van der Waals surface area contributed by atoms with E-state index in [1.54, 1.807) is 42.9 Å². The summed E-state index contributed by atoms with van der Waals surface area (Å²) in [6.07, 6.45) is 8.65. The molecule has 4 aromatic rings. The fraction of sp³-hybridized carbons (Fsp3) is 0.471. The summed E-state index contributed by atoms with van der Waals surface area (Å²) in [4.78, 5) is 32.4. The Morgan fingerprint density at radius 2 is 1.80 bits per heavy atom. The van der Waals surface area contributed by atoms with Crippen LogP contribution in [0, 0.1) is 5.41 Å². The van der Waals surface area contributed by atoms with Gasteiger partial charge in [-0.3, -0.25) is 9.69 Å². The number of aliphatic hydroxyl groups is 1. The van der Waals surface area contributed by atoms with Gasteiger partial charge in [0.25, 0.3) is 5.56 Å². The molecule has 0 amide bonds. The number of allylic oxidation sites excluding steroid dienone is 1. The Balaban J connectivity index is 1.05. The second-order valence-electron chi connectivity index (χ2n) is 13.4. The highest BCUT2D eigenvalue weighted by Gasteiger charge is 2.46. The van der Waals surface area contributed by atoms with Crippen molar-refractivity contribution in [1.82, 2.24) is 34.5 Å². The van der Waals surface area contributed by atoms with Gasteiger partial charge in [0.2, 0.25) is 5.95 Å². The third kappa shape index (κ3) is 5.76. The molecule has 2 saturated heterocycles. The molecule has 3 fully saturated rings. The van der Waals surface area contributed by atoms with Crippen LogP contribution in [-0.2, 0) is 12.1 Å².